The monoisotopic (exact) mass is 430 g/mol. The highest BCUT2D eigenvalue weighted by molar-refractivity contribution is 6.21. The van der Waals surface area contributed by atoms with E-state index in [1.807, 2.05) is 13.8 Å². The number of imide groups is 1. The molecule has 10 heteroatoms. The number of amides is 4. The minimum absolute atomic E-state index is 0.0102. The number of nitro benzene ring substituents is 1. The summed E-state index contributed by atoms with van der Waals surface area (Å²) in [5, 5.41) is 13.9. The van der Waals surface area contributed by atoms with Crippen LogP contribution in [0.1, 0.15) is 60.2 Å². The first-order valence-corrected chi connectivity index (χ1v) is 10.4. The molecule has 1 saturated heterocycles. The molecular weight excluding hydrogens is 404 g/mol. The van der Waals surface area contributed by atoms with Crippen LogP contribution in [0.25, 0.3) is 0 Å². The van der Waals surface area contributed by atoms with Gasteiger partial charge in [-0.25, -0.2) is 0 Å². The summed E-state index contributed by atoms with van der Waals surface area (Å²) in [6.45, 7) is 4.86. The number of hydrogen-bond acceptors (Lipinski definition) is 6. The van der Waals surface area contributed by atoms with Gasteiger partial charge in [-0.2, -0.15) is 0 Å². The predicted octanol–water partition coefficient (Wildman–Crippen LogP) is 1.73. The van der Waals surface area contributed by atoms with Gasteiger partial charge in [-0.1, -0.05) is 13.8 Å². The first-order chi connectivity index (χ1) is 14.7. The third-order valence-corrected chi connectivity index (χ3v) is 5.66. The summed E-state index contributed by atoms with van der Waals surface area (Å²) in [5.41, 5.74) is -0.0756. The third-order valence-electron chi connectivity index (χ3n) is 5.66. The van der Waals surface area contributed by atoms with Crippen molar-refractivity contribution in [2.24, 2.45) is 5.92 Å². The van der Waals surface area contributed by atoms with Crippen molar-refractivity contribution in [2.45, 2.75) is 45.6 Å². The summed E-state index contributed by atoms with van der Waals surface area (Å²) in [6.07, 6.45) is 1.90. The highest BCUT2D eigenvalue weighted by Crippen LogP contribution is 2.27. The van der Waals surface area contributed by atoms with E-state index >= 15 is 0 Å². The van der Waals surface area contributed by atoms with Crippen molar-refractivity contribution in [3.63, 3.8) is 0 Å². The molecule has 2 aliphatic heterocycles. The summed E-state index contributed by atoms with van der Waals surface area (Å²) < 4.78 is 0. The quantitative estimate of drug-likeness (QED) is 0.398. The molecule has 0 spiro atoms. The highest BCUT2D eigenvalue weighted by Gasteiger charge is 2.36. The normalized spacial score (nSPS) is 16.6. The Labute approximate surface area is 179 Å². The molecule has 1 aromatic rings. The largest absolute Gasteiger partial charge is 0.353 e. The van der Waals surface area contributed by atoms with E-state index in [9.17, 15) is 29.3 Å². The smallest absolute Gasteiger partial charge is 0.270 e. The molecule has 0 radical (unpaired) electrons. The zero-order chi connectivity index (χ0) is 22.7. The van der Waals surface area contributed by atoms with Crippen LogP contribution in [-0.4, -0.2) is 64.0 Å². The van der Waals surface area contributed by atoms with Crippen LogP contribution in [0.3, 0.4) is 0 Å². The number of benzene rings is 1. The Morgan fingerprint density at radius 3 is 2.42 bits per heavy atom. The van der Waals surface area contributed by atoms with E-state index in [2.05, 4.69) is 5.32 Å². The first-order valence-electron chi connectivity index (χ1n) is 10.4. The Morgan fingerprint density at radius 1 is 1.16 bits per heavy atom. The molecule has 0 atom stereocenters. The molecular formula is C21H26N4O6. The van der Waals surface area contributed by atoms with Gasteiger partial charge >= 0.3 is 0 Å². The molecule has 0 aliphatic carbocycles. The van der Waals surface area contributed by atoms with E-state index in [1.165, 1.54) is 12.1 Å². The first kappa shape index (κ1) is 22.4. The van der Waals surface area contributed by atoms with Crippen LogP contribution < -0.4 is 5.32 Å². The molecule has 3 rings (SSSR count). The number of likely N-dealkylation sites (tertiary alicyclic amines) is 1. The Kier molecular flexibility index (Phi) is 6.67. The van der Waals surface area contributed by atoms with Crippen LogP contribution in [0, 0.1) is 16.0 Å². The summed E-state index contributed by atoms with van der Waals surface area (Å²) in [5.74, 6) is -1.19. The van der Waals surface area contributed by atoms with Gasteiger partial charge in [0, 0.05) is 50.1 Å². The second-order valence-corrected chi connectivity index (χ2v) is 8.17. The summed E-state index contributed by atoms with van der Waals surface area (Å²) in [6, 6.07) is 3.68. The number of carbonyl (C=O) groups is 4. The number of non-ortho nitro benzene ring substituents is 1. The van der Waals surface area contributed by atoms with Crippen LogP contribution in [-0.2, 0) is 9.59 Å². The Bertz CT molecular complexity index is 920. The molecule has 0 aromatic heterocycles. The average molecular weight is 430 g/mol. The lowest BCUT2D eigenvalue weighted by molar-refractivity contribution is -0.384. The molecule has 1 N–H and O–H groups in total. The molecule has 2 heterocycles. The van der Waals surface area contributed by atoms with Gasteiger partial charge in [0.05, 0.1) is 16.1 Å². The number of rotatable bonds is 7. The average Bonchev–Trinajstić information content (AvgIpc) is 2.98. The van der Waals surface area contributed by atoms with E-state index in [0.717, 1.165) is 11.0 Å². The topological polar surface area (TPSA) is 130 Å². The highest BCUT2D eigenvalue weighted by atomic mass is 16.6. The van der Waals surface area contributed by atoms with Crippen molar-refractivity contribution in [3.05, 3.63) is 39.4 Å². The van der Waals surface area contributed by atoms with E-state index < -0.39 is 16.7 Å². The molecule has 4 amide bonds. The Balaban J connectivity index is 1.47. The lowest BCUT2D eigenvalue weighted by atomic mass is 10.0. The van der Waals surface area contributed by atoms with Crippen LogP contribution >= 0.6 is 0 Å². The number of piperidine rings is 1. The zero-order valence-electron chi connectivity index (χ0n) is 17.6. The molecule has 1 fully saturated rings. The molecule has 166 valence electrons. The summed E-state index contributed by atoms with van der Waals surface area (Å²) in [4.78, 5) is 62.3. The molecule has 0 unspecified atom stereocenters. The van der Waals surface area contributed by atoms with Gasteiger partial charge in [0.2, 0.25) is 11.8 Å². The van der Waals surface area contributed by atoms with Crippen molar-refractivity contribution in [1.29, 1.82) is 0 Å². The number of nitrogens with one attached hydrogen (secondary N) is 1. The maximum absolute atomic E-state index is 12.5. The van der Waals surface area contributed by atoms with Crippen molar-refractivity contribution >= 4 is 29.3 Å². The molecule has 0 saturated carbocycles. The van der Waals surface area contributed by atoms with E-state index in [-0.39, 0.29) is 53.6 Å². The predicted molar refractivity (Wildman–Crippen MR) is 110 cm³/mol. The van der Waals surface area contributed by atoms with Crippen LogP contribution in [0.2, 0.25) is 0 Å². The summed E-state index contributed by atoms with van der Waals surface area (Å²) in [7, 11) is 0. The molecule has 31 heavy (non-hydrogen) atoms. The fraction of sp³-hybridized carbons (Fsp3) is 0.524. The number of hydrogen-bond donors (Lipinski definition) is 1. The lowest BCUT2D eigenvalue weighted by Gasteiger charge is -2.33. The molecule has 2 aliphatic rings. The maximum atomic E-state index is 12.5. The van der Waals surface area contributed by atoms with Crippen LogP contribution in [0.4, 0.5) is 5.69 Å². The van der Waals surface area contributed by atoms with Gasteiger partial charge in [0.15, 0.2) is 0 Å². The Morgan fingerprint density at radius 2 is 1.81 bits per heavy atom. The lowest BCUT2D eigenvalue weighted by Crippen LogP contribution is -2.47. The van der Waals surface area contributed by atoms with Gasteiger partial charge in [-0.3, -0.25) is 34.2 Å². The van der Waals surface area contributed by atoms with E-state index in [0.29, 0.717) is 32.4 Å². The van der Waals surface area contributed by atoms with Gasteiger partial charge < -0.3 is 10.2 Å². The standard InChI is InChI=1S/C21H26N4O6/c1-13(2)19(27)22-14-7-10-23(11-8-14)18(26)4-3-9-24-20(28)16-6-5-15(25(30)31)12-17(16)21(24)29/h5-6,12-14H,3-4,7-11H2,1-2H3,(H,22,27). The van der Waals surface area contributed by atoms with Crippen molar-refractivity contribution in [3.8, 4) is 0 Å². The molecule has 1 aromatic carbocycles. The fourth-order valence-corrected chi connectivity index (χ4v) is 3.78. The number of carbonyl (C=O) groups excluding carboxylic acids is 4. The summed E-state index contributed by atoms with van der Waals surface area (Å²) >= 11 is 0. The van der Waals surface area contributed by atoms with Gasteiger partial charge in [0.1, 0.15) is 0 Å². The van der Waals surface area contributed by atoms with Crippen molar-refractivity contribution in [1.82, 2.24) is 15.1 Å². The van der Waals surface area contributed by atoms with Crippen LogP contribution in [0.5, 0.6) is 0 Å². The number of fused-ring (bicyclic) bond motifs is 1. The fourth-order valence-electron chi connectivity index (χ4n) is 3.78. The SMILES string of the molecule is CC(C)C(=O)NC1CCN(C(=O)CCCN2C(=O)c3ccc([N+](=O)[O-])cc3C2=O)CC1. The van der Waals surface area contributed by atoms with Gasteiger partial charge in [-0.05, 0) is 25.3 Å². The second-order valence-electron chi connectivity index (χ2n) is 8.17. The molecule has 0 bridgehead atoms. The van der Waals surface area contributed by atoms with Gasteiger partial charge in [-0.15, -0.1) is 0 Å². The number of nitrogens with zero attached hydrogens (tertiary/aromatic N) is 3. The maximum Gasteiger partial charge on any atom is 0.270 e. The van der Waals surface area contributed by atoms with Crippen molar-refractivity contribution in [2.75, 3.05) is 19.6 Å². The van der Waals surface area contributed by atoms with Crippen molar-refractivity contribution < 1.29 is 24.1 Å². The third kappa shape index (κ3) is 4.89. The van der Waals surface area contributed by atoms with E-state index in [1.54, 1.807) is 4.90 Å². The van der Waals surface area contributed by atoms with Gasteiger partial charge in [0.25, 0.3) is 17.5 Å². The zero-order valence-corrected chi connectivity index (χ0v) is 17.6. The second kappa shape index (κ2) is 9.23. The van der Waals surface area contributed by atoms with Crippen LogP contribution in [0.15, 0.2) is 18.2 Å². The Hall–Kier alpha value is -3.30. The number of nitro groups is 1. The minimum atomic E-state index is -0.614. The van der Waals surface area contributed by atoms with E-state index in [4.69, 9.17) is 0 Å². The minimum Gasteiger partial charge on any atom is -0.353 e. The molecule has 10 nitrogen and oxygen atoms in total.